The molecule has 1 heterocycles. The topological polar surface area (TPSA) is 77.2 Å². The molecule has 1 atom stereocenters. The van der Waals surface area contributed by atoms with Gasteiger partial charge < -0.3 is 14.4 Å². The van der Waals surface area contributed by atoms with Crippen molar-refractivity contribution in [2.45, 2.75) is 37.1 Å². The molecule has 3 rings (SSSR count). The summed E-state index contributed by atoms with van der Waals surface area (Å²) in [6, 6.07) is 7.44. The minimum absolute atomic E-state index is 0.0211. The van der Waals surface area contributed by atoms with Crippen molar-refractivity contribution >= 4 is 17.5 Å². The first-order valence-corrected chi connectivity index (χ1v) is 8.56. The molecule has 0 bridgehead atoms. The summed E-state index contributed by atoms with van der Waals surface area (Å²) in [5.41, 5.74) is 0.646. The maximum absolute atomic E-state index is 11.2. The molecule has 1 aromatic heterocycles. The first-order chi connectivity index (χ1) is 11.1. The van der Waals surface area contributed by atoms with E-state index in [4.69, 9.17) is 4.74 Å². The van der Waals surface area contributed by atoms with E-state index >= 15 is 0 Å². The zero-order chi connectivity index (χ0) is 16.2. The highest BCUT2D eigenvalue weighted by Gasteiger charge is 2.26. The summed E-state index contributed by atoms with van der Waals surface area (Å²) in [6.45, 7) is 1.72. The molecule has 1 N–H and O–H groups in total. The fraction of sp³-hybridized carbons (Fsp3) is 0.438. The predicted octanol–water partition coefficient (Wildman–Crippen LogP) is 2.35. The van der Waals surface area contributed by atoms with Crippen LogP contribution in [0.3, 0.4) is 0 Å². The summed E-state index contributed by atoms with van der Waals surface area (Å²) in [6.07, 6.45) is 3.50. The Bertz CT molecular complexity index is 667. The third kappa shape index (κ3) is 4.33. The van der Waals surface area contributed by atoms with E-state index < -0.39 is 6.10 Å². The molecule has 0 amide bonds. The van der Waals surface area contributed by atoms with E-state index in [1.54, 1.807) is 30.6 Å². The monoisotopic (exact) mass is 333 g/mol. The maximum atomic E-state index is 11.2. The molecule has 0 saturated heterocycles. The van der Waals surface area contributed by atoms with E-state index in [2.05, 4.69) is 14.8 Å². The molecular weight excluding hydrogens is 314 g/mol. The highest BCUT2D eigenvalue weighted by Crippen LogP contribution is 2.37. The number of thioether (sulfide) groups is 1. The van der Waals surface area contributed by atoms with Crippen molar-refractivity contribution in [3.05, 3.63) is 36.2 Å². The molecule has 0 aliphatic heterocycles. The SMILES string of the molecule is CC(=O)c1ccc(OCC(O)CSc2nncn2C2CC2)cc1. The molecule has 1 fully saturated rings. The van der Waals surface area contributed by atoms with Crippen LogP contribution >= 0.6 is 11.8 Å². The Morgan fingerprint density at radius 3 is 2.83 bits per heavy atom. The van der Waals surface area contributed by atoms with Gasteiger partial charge in [0.25, 0.3) is 0 Å². The number of ether oxygens (including phenoxy) is 1. The normalized spacial score (nSPS) is 15.4. The molecule has 2 aromatic rings. The van der Waals surface area contributed by atoms with Gasteiger partial charge in [0.05, 0.1) is 6.10 Å². The summed E-state index contributed by atoms with van der Waals surface area (Å²) >= 11 is 1.49. The lowest BCUT2D eigenvalue weighted by atomic mass is 10.1. The van der Waals surface area contributed by atoms with E-state index in [0.29, 0.717) is 23.1 Å². The highest BCUT2D eigenvalue weighted by molar-refractivity contribution is 7.99. The molecule has 6 nitrogen and oxygen atoms in total. The summed E-state index contributed by atoms with van der Waals surface area (Å²) in [5, 5.41) is 18.9. The van der Waals surface area contributed by atoms with Crippen LogP contribution in [0.1, 0.15) is 36.2 Å². The van der Waals surface area contributed by atoms with Crippen LogP contribution in [-0.4, -0.2) is 44.1 Å². The van der Waals surface area contributed by atoms with Gasteiger partial charge in [0.15, 0.2) is 10.9 Å². The summed E-state index contributed by atoms with van der Waals surface area (Å²) in [4.78, 5) is 11.2. The number of Topliss-reactive ketones (excluding diaryl/α,β-unsaturated/α-hetero) is 1. The van der Waals surface area contributed by atoms with Crippen LogP contribution in [0.15, 0.2) is 35.7 Å². The van der Waals surface area contributed by atoms with Crippen molar-refractivity contribution in [2.24, 2.45) is 0 Å². The van der Waals surface area contributed by atoms with Crippen LogP contribution in [0.5, 0.6) is 5.75 Å². The molecule has 23 heavy (non-hydrogen) atoms. The number of hydrogen-bond donors (Lipinski definition) is 1. The van der Waals surface area contributed by atoms with Crippen molar-refractivity contribution in [2.75, 3.05) is 12.4 Å². The van der Waals surface area contributed by atoms with Crippen molar-refractivity contribution in [1.29, 1.82) is 0 Å². The number of rotatable bonds is 8. The quantitative estimate of drug-likeness (QED) is 0.590. The van der Waals surface area contributed by atoms with Gasteiger partial charge in [-0.15, -0.1) is 10.2 Å². The van der Waals surface area contributed by atoms with Crippen LogP contribution in [0.2, 0.25) is 0 Å². The Balaban J connectivity index is 1.44. The molecule has 1 aliphatic rings. The van der Waals surface area contributed by atoms with Gasteiger partial charge in [-0.3, -0.25) is 4.79 Å². The zero-order valence-electron chi connectivity index (χ0n) is 12.9. The Morgan fingerprint density at radius 2 is 2.17 bits per heavy atom. The Kier molecular flexibility index (Phi) is 4.97. The Labute approximate surface area is 138 Å². The molecule has 122 valence electrons. The smallest absolute Gasteiger partial charge is 0.191 e. The standard InChI is InChI=1S/C16H19N3O3S/c1-11(20)12-2-6-15(7-3-12)22-8-14(21)9-23-16-18-17-10-19(16)13-4-5-13/h2-3,6-7,10,13-14,21H,4-5,8-9H2,1H3. The van der Waals surface area contributed by atoms with Gasteiger partial charge in [0.1, 0.15) is 18.7 Å². The Hall–Kier alpha value is -1.86. The number of nitrogens with zero attached hydrogens (tertiary/aromatic N) is 3. The van der Waals surface area contributed by atoms with Gasteiger partial charge in [-0.1, -0.05) is 11.8 Å². The third-order valence-electron chi connectivity index (χ3n) is 3.59. The summed E-state index contributed by atoms with van der Waals surface area (Å²) < 4.78 is 7.61. The first-order valence-electron chi connectivity index (χ1n) is 7.57. The minimum Gasteiger partial charge on any atom is -0.491 e. The van der Waals surface area contributed by atoms with E-state index in [0.717, 1.165) is 5.16 Å². The molecule has 1 saturated carbocycles. The van der Waals surface area contributed by atoms with Gasteiger partial charge in [-0.05, 0) is 44.0 Å². The summed E-state index contributed by atoms with van der Waals surface area (Å²) in [7, 11) is 0. The largest absolute Gasteiger partial charge is 0.491 e. The van der Waals surface area contributed by atoms with Crippen LogP contribution in [0.4, 0.5) is 0 Å². The zero-order valence-corrected chi connectivity index (χ0v) is 13.7. The average Bonchev–Trinajstić information content (AvgIpc) is 3.29. The fourth-order valence-electron chi connectivity index (χ4n) is 2.14. The number of benzene rings is 1. The first kappa shape index (κ1) is 16.0. The van der Waals surface area contributed by atoms with Crippen LogP contribution in [0.25, 0.3) is 0 Å². The van der Waals surface area contributed by atoms with Crippen LogP contribution in [-0.2, 0) is 0 Å². The summed E-state index contributed by atoms with van der Waals surface area (Å²) in [5.74, 6) is 1.16. The van der Waals surface area contributed by atoms with E-state index in [1.165, 1.54) is 31.5 Å². The van der Waals surface area contributed by atoms with Crippen LogP contribution < -0.4 is 4.74 Å². The van der Waals surface area contributed by atoms with Crippen molar-refractivity contribution in [1.82, 2.24) is 14.8 Å². The molecule has 1 unspecified atom stereocenters. The average molecular weight is 333 g/mol. The second kappa shape index (κ2) is 7.14. The predicted molar refractivity (Wildman–Crippen MR) is 87.0 cm³/mol. The van der Waals surface area contributed by atoms with Gasteiger partial charge >= 0.3 is 0 Å². The second-order valence-corrected chi connectivity index (χ2v) is 6.60. The lowest BCUT2D eigenvalue weighted by molar-refractivity contribution is 0.101. The molecule has 0 radical (unpaired) electrons. The van der Waals surface area contributed by atoms with E-state index in [9.17, 15) is 9.90 Å². The number of aromatic nitrogens is 3. The highest BCUT2D eigenvalue weighted by atomic mass is 32.2. The minimum atomic E-state index is -0.600. The molecule has 0 spiro atoms. The van der Waals surface area contributed by atoms with E-state index in [-0.39, 0.29) is 12.4 Å². The third-order valence-corrected chi connectivity index (χ3v) is 4.69. The molecular formula is C16H19N3O3S. The molecule has 1 aliphatic carbocycles. The van der Waals surface area contributed by atoms with Gasteiger partial charge in [0.2, 0.25) is 0 Å². The van der Waals surface area contributed by atoms with Crippen molar-refractivity contribution in [3.63, 3.8) is 0 Å². The van der Waals surface area contributed by atoms with Crippen molar-refractivity contribution < 1.29 is 14.6 Å². The number of carbonyl (C=O) groups excluding carboxylic acids is 1. The number of carbonyl (C=O) groups is 1. The number of aliphatic hydroxyl groups excluding tert-OH is 1. The number of hydrogen-bond acceptors (Lipinski definition) is 6. The number of aliphatic hydroxyl groups is 1. The lowest BCUT2D eigenvalue weighted by Gasteiger charge is -2.12. The molecule has 1 aromatic carbocycles. The van der Waals surface area contributed by atoms with Crippen LogP contribution in [0, 0.1) is 0 Å². The van der Waals surface area contributed by atoms with Crippen molar-refractivity contribution in [3.8, 4) is 5.75 Å². The van der Waals surface area contributed by atoms with Gasteiger partial charge in [0, 0.05) is 17.4 Å². The number of ketones is 1. The molecule has 7 heteroatoms. The fourth-order valence-corrected chi connectivity index (χ4v) is 3.02. The lowest BCUT2D eigenvalue weighted by Crippen LogP contribution is -2.20. The Morgan fingerprint density at radius 1 is 1.43 bits per heavy atom. The maximum Gasteiger partial charge on any atom is 0.191 e. The van der Waals surface area contributed by atoms with Gasteiger partial charge in [-0.2, -0.15) is 0 Å². The van der Waals surface area contributed by atoms with E-state index in [1.807, 2.05) is 0 Å². The second-order valence-electron chi connectivity index (χ2n) is 5.61. The van der Waals surface area contributed by atoms with Gasteiger partial charge in [-0.25, -0.2) is 0 Å².